The van der Waals surface area contributed by atoms with Crippen LogP contribution in [0.2, 0.25) is 0 Å². The Morgan fingerprint density at radius 3 is 2.80 bits per heavy atom. The van der Waals surface area contributed by atoms with Gasteiger partial charge in [-0.15, -0.1) is 0 Å². The normalized spacial score (nSPS) is 9.80. The van der Waals surface area contributed by atoms with E-state index < -0.39 is 23.4 Å². The Balaban J connectivity index is 2.93. The van der Waals surface area contributed by atoms with Gasteiger partial charge < -0.3 is 10.5 Å². The van der Waals surface area contributed by atoms with E-state index in [4.69, 9.17) is 5.73 Å². The molecule has 15 heavy (non-hydrogen) atoms. The molecule has 4 nitrogen and oxygen atoms in total. The van der Waals surface area contributed by atoms with Gasteiger partial charge in [0.25, 0.3) is 0 Å². The fraction of sp³-hybridized carbons (Fsp3) is 0.222. The van der Waals surface area contributed by atoms with Crippen LogP contribution in [-0.2, 0) is 4.74 Å². The third-order valence-electron chi connectivity index (χ3n) is 1.63. The Kier molecular flexibility index (Phi) is 3.43. The third-order valence-corrected chi connectivity index (χ3v) is 1.63. The number of nitrogens with one attached hydrogen (secondary N) is 1. The van der Waals surface area contributed by atoms with Gasteiger partial charge in [0.1, 0.15) is 5.69 Å². The van der Waals surface area contributed by atoms with E-state index in [1.54, 1.807) is 6.92 Å². The topological polar surface area (TPSA) is 64.3 Å². The molecule has 3 N–H and O–H groups in total. The average molecular weight is 216 g/mol. The van der Waals surface area contributed by atoms with Crippen LogP contribution in [0, 0.1) is 11.6 Å². The number of anilines is 2. The Morgan fingerprint density at radius 1 is 1.53 bits per heavy atom. The van der Waals surface area contributed by atoms with Gasteiger partial charge in [-0.05, 0) is 19.1 Å². The summed E-state index contributed by atoms with van der Waals surface area (Å²) < 4.78 is 30.4. The number of halogens is 2. The molecule has 0 bridgehead atoms. The van der Waals surface area contributed by atoms with E-state index in [0.717, 1.165) is 12.1 Å². The van der Waals surface area contributed by atoms with Crippen molar-refractivity contribution in [2.45, 2.75) is 6.92 Å². The molecule has 0 unspecified atom stereocenters. The molecule has 1 aromatic carbocycles. The van der Waals surface area contributed by atoms with Crippen molar-refractivity contribution in [2.75, 3.05) is 17.7 Å². The van der Waals surface area contributed by atoms with Crippen molar-refractivity contribution in [3.63, 3.8) is 0 Å². The SMILES string of the molecule is CCOC(=O)Nc1c(N)ccc(F)c1F. The number of carbonyl (C=O) groups excluding carboxylic acids is 1. The van der Waals surface area contributed by atoms with Crippen LogP contribution >= 0.6 is 0 Å². The van der Waals surface area contributed by atoms with E-state index in [1.165, 1.54) is 0 Å². The molecule has 82 valence electrons. The lowest BCUT2D eigenvalue weighted by Gasteiger charge is -2.09. The molecule has 0 radical (unpaired) electrons. The van der Waals surface area contributed by atoms with Gasteiger partial charge in [-0.2, -0.15) is 0 Å². The van der Waals surface area contributed by atoms with E-state index >= 15 is 0 Å². The zero-order valence-corrected chi connectivity index (χ0v) is 8.01. The number of carbonyl (C=O) groups is 1. The fourth-order valence-corrected chi connectivity index (χ4v) is 0.962. The first-order chi connectivity index (χ1) is 7.06. The van der Waals surface area contributed by atoms with Crippen molar-refractivity contribution >= 4 is 17.5 Å². The minimum absolute atomic E-state index is 0.0676. The van der Waals surface area contributed by atoms with Crippen molar-refractivity contribution in [3.05, 3.63) is 23.8 Å². The van der Waals surface area contributed by atoms with Crippen LogP contribution in [0.3, 0.4) is 0 Å². The molecular weight excluding hydrogens is 206 g/mol. The highest BCUT2D eigenvalue weighted by Gasteiger charge is 2.14. The molecule has 1 amide bonds. The zero-order chi connectivity index (χ0) is 11.4. The fourth-order valence-electron chi connectivity index (χ4n) is 0.962. The summed E-state index contributed by atoms with van der Waals surface area (Å²) in [5, 5.41) is 2.02. The summed E-state index contributed by atoms with van der Waals surface area (Å²) in [6, 6.07) is 2.03. The summed E-state index contributed by atoms with van der Waals surface area (Å²) in [5.41, 5.74) is 4.88. The Morgan fingerprint density at radius 2 is 2.20 bits per heavy atom. The van der Waals surface area contributed by atoms with Gasteiger partial charge in [0.05, 0.1) is 12.3 Å². The zero-order valence-electron chi connectivity index (χ0n) is 8.01. The summed E-state index contributed by atoms with van der Waals surface area (Å²) in [5.74, 6) is -2.29. The van der Waals surface area contributed by atoms with Crippen LogP contribution in [0.5, 0.6) is 0 Å². The minimum Gasteiger partial charge on any atom is -0.450 e. The molecule has 0 aliphatic heterocycles. The van der Waals surface area contributed by atoms with Crippen LogP contribution in [0.1, 0.15) is 6.92 Å². The molecule has 0 aliphatic rings. The van der Waals surface area contributed by atoms with Crippen LogP contribution in [0.4, 0.5) is 25.0 Å². The van der Waals surface area contributed by atoms with E-state index in [2.05, 4.69) is 4.74 Å². The van der Waals surface area contributed by atoms with E-state index in [1.807, 2.05) is 5.32 Å². The maximum atomic E-state index is 13.1. The summed E-state index contributed by atoms with van der Waals surface area (Å²) in [4.78, 5) is 11.0. The molecule has 1 rings (SSSR count). The van der Waals surface area contributed by atoms with Crippen molar-refractivity contribution in [2.24, 2.45) is 0 Å². The number of rotatable bonds is 2. The molecule has 0 heterocycles. The number of hydrogen-bond acceptors (Lipinski definition) is 3. The molecular formula is C9H10F2N2O2. The predicted molar refractivity (Wildman–Crippen MR) is 51.4 cm³/mol. The lowest BCUT2D eigenvalue weighted by Crippen LogP contribution is -2.16. The summed E-state index contributed by atoms with van der Waals surface area (Å²) in [6.07, 6.45) is -0.881. The van der Waals surface area contributed by atoms with Crippen LogP contribution < -0.4 is 11.1 Å². The molecule has 0 aromatic heterocycles. The third kappa shape index (κ3) is 2.55. The number of amides is 1. The van der Waals surface area contributed by atoms with Gasteiger partial charge in [-0.3, -0.25) is 5.32 Å². The lowest BCUT2D eigenvalue weighted by atomic mass is 10.2. The molecule has 0 saturated carbocycles. The Bertz CT molecular complexity index is 383. The van der Waals surface area contributed by atoms with Crippen molar-refractivity contribution in [3.8, 4) is 0 Å². The van der Waals surface area contributed by atoms with Crippen molar-refractivity contribution in [1.29, 1.82) is 0 Å². The van der Waals surface area contributed by atoms with Gasteiger partial charge in [-0.25, -0.2) is 13.6 Å². The predicted octanol–water partition coefficient (Wildman–Crippen LogP) is 2.12. The van der Waals surface area contributed by atoms with Crippen LogP contribution in [-0.4, -0.2) is 12.7 Å². The second-order valence-electron chi connectivity index (χ2n) is 2.67. The van der Waals surface area contributed by atoms with Crippen LogP contribution in [0.25, 0.3) is 0 Å². The first-order valence-corrected chi connectivity index (χ1v) is 4.23. The Hall–Kier alpha value is -1.85. The minimum atomic E-state index is -1.21. The smallest absolute Gasteiger partial charge is 0.411 e. The second kappa shape index (κ2) is 4.59. The molecule has 0 aliphatic carbocycles. The highest BCUT2D eigenvalue weighted by Crippen LogP contribution is 2.24. The number of nitrogens with two attached hydrogens (primary N) is 1. The van der Waals surface area contributed by atoms with Gasteiger partial charge in [0.2, 0.25) is 0 Å². The van der Waals surface area contributed by atoms with Crippen molar-refractivity contribution < 1.29 is 18.3 Å². The first-order valence-electron chi connectivity index (χ1n) is 4.23. The summed E-state index contributed by atoms with van der Waals surface area (Å²) >= 11 is 0. The molecule has 6 heteroatoms. The molecule has 1 aromatic rings. The highest BCUT2D eigenvalue weighted by molar-refractivity contribution is 5.89. The van der Waals surface area contributed by atoms with E-state index in [-0.39, 0.29) is 12.3 Å². The molecule has 0 atom stereocenters. The molecule has 0 spiro atoms. The quantitative estimate of drug-likeness (QED) is 0.744. The second-order valence-corrected chi connectivity index (χ2v) is 2.67. The lowest BCUT2D eigenvalue weighted by molar-refractivity contribution is 0.168. The van der Waals surface area contributed by atoms with Gasteiger partial charge in [0, 0.05) is 0 Å². The van der Waals surface area contributed by atoms with Crippen LogP contribution in [0.15, 0.2) is 12.1 Å². The first kappa shape index (κ1) is 11.2. The standard InChI is InChI=1S/C9H10F2N2O2/c1-2-15-9(14)13-8-6(12)4-3-5(10)7(8)11/h3-4H,2,12H2,1H3,(H,13,14). The number of nitrogen functional groups attached to an aromatic ring is 1. The van der Waals surface area contributed by atoms with Gasteiger partial charge in [0.15, 0.2) is 11.6 Å². The summed E-state index contributed by atoms with van der Waals surface area (Å²) in [7, 11) is 0. The summed E-state index contributed by atoms with van der Waals surface area (Å²) in [6.45, 7) is 1.72. The molecule has 0 saturated heterocycles. The monoisotopic (exact) mass is 216 g/mol. The average Bonchev–Trinajstić information content (AvgIpc) is 2.19. The van der Waals surface area contributed by atoms with Crippen molar-refractivity contribution in [1.82, 2.24) is 0 Å². The Labute approximate surface area is 85.0 Å². The number of benzene rings is 1. The van der Waals surface area contributed by atoms with E-state index in [0.29, 0.717) is 0 Å². The maximum absolute atomic E-state index is 13.1. The number of hydrogen-bond donors (Lipinski definition) is 2. The maximum Gasteiger partial charge on any atom is 0.411 e. The van der Waals surface area contributed by atoms with Gasteiger partial charge >= 0.3 is 6.09 Å². The largest absolute Gasteiger partial charge is 0.450 e. The van der Waals surface area contributed by atoms with E-state index in [9.17, 15) is 13.6 Å². The van der Waals surface area contributed by atoms with Gasteiger partial charge in [-0.1, -0.05) is 0 Å². The molecule has 0 fully saturated rings. The number of ether oxygens (including phenoxy) is 1. The highest BCUT2D eigenvalue weighted by atomic mass is 19.2.